The Hall–Kier alpha value is -2.28. The fourth-order valence-corrected chi connectivity index (χ4v) is 5.09. The Balaban J connectivity index is 1.80. The monoisotopic (exact) mass is 445 g/mol. The van der Waals surface area contributed by atoms with Crippen LogP contribution >= 0.6 is 0 Å². The van der Waals surface area contributed by atoms with Crippen LogP contribution in [0.15, 0.2) is 18.2 Å². The van der Waals surface area contributed by atoms with Crippen molar-refractivity contribution in [1.82, 2.24) is 10.2 Å². The van der Waals surface area contributed by atoms with E-state index in [-0.39, 0.29) is 41.6 Å². The number of Topliss-reactive ketones (excluding diaryl/α,β-unsaturated/α-hetero) is 1. The molecule has 2 fully saturated rings. The minimum Gasteiger partial charge on any atom is -0.342 e. The van der Waals surface area contributed by atoms with Gasteiger partial charge in [-0.15, -0.1) is 0 Å². The van der Waals surface area contributed by atoms with Crippen molar-refractivity contribution in [3.8, 4) is 0 Å². The summed E-state index contributed by atoms with van der Waals surface area (Å²) in [5.74, 6) is -1.53. The summed E-state index contributed by atoms with van der Waals surface area (Å²) in [4.78, 5) is 39.7. The van der Waals surface area contributed by atoms with Crippen LogP contribution < -0.4 is 11.1 Å². The first-order valence-corrected chi connectivity index (χ1v) is 11.9. The molecule has 1 unspecified atom stereocenters. The molecule has 0 radical (unpaired) electrons. The van der Waals surface area contributed by atoms with Crippen LogP contribution in [-0.4, -0.2) is 48.2 Å². The van der Waals surface area contributed by atoms with Crippen LogP contribution in [0.1, 0.15) is 80.6 Å². The number of carbonyl (C=O) groups excluding carboxylic acids is 3. The maximum Gasteiger partial charge on any atom is 0.254 e. The third-order valence-electron chi connectivity index (χ3n) is 6.95. The third-order valence-corrected chi connectivity index (χ3v) is 6.95. The highest BCUT2D eigenvalue weighted by Crippen LogP contribution is 2.31. The number of nitrogens with two attached hydrogens (primary N) is 1. The molecule has 1 aromatic carbocycles. The summed E-state index contributed by atoms with van der Waals surface area (Å²) in [6, 6.07) is 4.25. The molecule has 0 bridgehead atoms. The van der Waals surface area contributed by atoms with Crippen LogP contribution in [0.3, 0.4) is 0 Å². The molecule has 1 aromatic rings. The van der Waals surface area contributed by atoms with Gasteiger partial charge >= 0.3 is 0 Å². The second-order valence-electron chi connectivity index (χ2n) is 9.50. The molecule has 1 aliphatic heterocycles. The Morgan fingerprint density at radius 1 is 1.12 bits per heavy atom. The van der Waals surface area contributed by atoms with Gasteiger partial charge in [-0.25, -0.2) is 4.39 Å². The van der Waals surface area contributed by atoms with Gasteiger partial charge in [-0.2, -0.15) is 0 Å². The fourth-order valence-electron chi connectivity index (χ4n) is 5.09. The fraction of sp³-hybridized carbons (Fsp3) is 0.640. The average molecular weight is 446 g/mol. The molecule has 2 aliphatic rings. The topological polar surface area (TPSA) is 92.5 Å². The van der Waals surface area contributed by atoms with Gasteiger partial charge in [-0.3, -0.25) is 14.4 Å². The molecule has 2 amide bonds. The Labute approximate surface area is 190 Å². The summed E-state index contributed by atoms with van der Waals surface area (Å²) >= 11 is 0. The SMILES string of the molecule is CC(C)C(=O)[C@H](NC(=O)c1cccc(C2CCCN(C(=O)CN)C2)c1F)C1CCCCC1. The van der Waals surface area contributed by atoms with Crippen molar-refractivity contribution in [1.29, 1.82) is 0 Å². The number of nitrogens with zero attached hydrogens (tertiary/aromatic N) is 1. The summed E-state index contributed by atoms with van der Waals surface area (Å²) in [7, 11) is 0. The van der Waals surface area contributed by atoms with Crippen molar-refractivity contribution in [2.24, 2.45) is 17.6 Å². The number of piperidine rings is 1. The zero-order chi connectivity index (χ0) is 23.3. The highest BCUT2D eigenvalue weighted by molar-refractivity contribution is 5.98. The molecule has 3 rings (SSSR count). The molecular weight excluding hydrogens is 409 g/mol. The second kappa shape index (κ2) is 11.0. The smallest absolute Gasteiger partial charge is 0.254 e. The number of rotatable bonds is 7. The van der Waals surface area contributed by atoms with Crippen molar-refractivity contribution < 1.29 is 18.8 Å². The number of nitrogens with one attached hydrogen (secondary N) is 1. The predicted octanol–water partition coefficient (Wildman–Crippen LogP) is 3.39. The maximum atomic E-state index is 15.5. The molecule has 3 N–H and O–H groups in total. The van der Waals surface area contributed by atoms with Crippen LogP contribution in [0.2, 0.25) is 0 Å². The molecular formula is C25H36FN3O3. The van der Waals surface area contributed by atoms with Crippen LogP contribution in [-0.2, 0) is 9.59 Å². The largest absolute Gasteiger partial charge is 0.342 e. The van der Waals surface area contributed by atoms with Crippen molar-refractivity contribution >= 4 is 17.6 Å². The van der Waals surface area contributed by atoms with Crippen molar-refractivity contribution in [3.05, 3.63) is 35.1 Å². The minimum atomic E-state index is -0.585. The Kier molecular flexibility index (Phi) is 8.40. The van der Waals surface area contributed by atoms with E-state index in [4.69, 9.17) is 5.73 Å². The summed E-state index contributed by atoms with van der Waals surface area (Å²) < 4.78 is 15.5. The molecule has 0 spiro atoms. The first-order valence-electron chi connectivity index (χ1n) is 11.9. The summed E-state index contributed by atoms with van der Waals surface area (Å²) in [5, 5.41) is 2.88. The normalized spacial score (nSPS) is 20.8. The van der Waals surface area contributed by atoms with E-state index in [1.54, 1.807) is 17.0 Å². The molecule has 1 saturated carbocycles. The summed E-state index contributed by atoms with van der Waals surface area (Å²) in [6.07, 6.45) is 6.55. The molecule has 1 heterocycles. The molecule has 1 saturated heterocycles. The molecule has 7 heteroatoms. The minimum absolute atomic E-state index is 0.00466. The zero-order valence-electron chi connectivity index (χ0n) is 19.2. The summed E-state index contributed by atoms with van der Waals surface area (Å²) in [5.41, 5.74) is 5.89. The number of benzene rings is 1. The van der Waals surface area contributed by atoms with Gasteiger partial charge in [0, 0.05) is 24.9 Å². The number of halogens is 1. The first-order chi connectivity index (χ1) is 15.3. The van der Waals surface area contributed by atoms with Gasteiger partial charge in [-0.05, 0) is 43.2 Å². The predicted molar refractivity (Wildman–Crippen MR) is 122 cm³/mol. The van der Waals surface area contributed by atoms with Crippen molar-refractivity contribution in [2.45, 2.75) is 70.8 Å². The standard InChI is InChI=1S/C25H36FN3O3/c1-16(2)24(31)23(17-8-4-3-5-9-17)28-25(32)20-12-6-11-19(22(20)26)18-10-7-13-29(15-18)21(30)14-27/h6,11-12,16-18,23H,3-5,7-10,13-15,27H2,1-2H3,(H,28,32)/t18?,23-/m1/s1. The number of carbonyl (C=O) groups is 3. The van der Waals surface area contributed by atoms with Crippen LogP contribution in [0, 0.1) is 17.7 Å². The van der Waals surface area contributed by atoms with Crippen molar-refractivity contribution in [3.63, 3.8) is 0 Å². The number of ketones is 1. The van der Waals surface area contributed by atoms with Gasteiger partial charge in [-0.1, -0.05) is 45.2 Å². The zero-order valence-corrected chi connectivity index (χ0v) is 19.2. The average Bonchev–Trinajstić information content (AvgIpc) is 2.82. The van der Waals surface area contributed by atoms with E-state index in [1.807, 2.05) is 13.8 Å². The van der Waals surface area contributed by atoms with Crippen molar-refractivity contribution in [2.75, 3.05) is 19.6 Å². The molecule has 1 aliphatic carbocycles. The lowest BCUT2D eigenvalue weighted by Gasteiger charge is -2.33. The van der Waals surface area contributed by atoms with E-state index in [2.05, 4.69) is 5.32 Å². The van der Waals surface area contributed by atoms with Crippen LogP contribution in [0.4, 0.5) is 4.39 Å². The van der Waals surface area contributed by atoms with Gasteiger partial charge < -0.3 is 16.0 Å². The highest BCUT2D eigenvalue weighted by Gasteiger charge is 2.33. The quantitative estimate of drug-likeness (QED) is 0.673. The van der Waals surface area contributed by atoms with Gasteiger partial charge in [0.2, 0.25) is 5.91 Å². The second-order valence-corrected chi connectivity index (χ2v) is 9.50. The van der Waals surface area contributed by atoms with Gasteiger partial charge in [0.05, 0.1) is 18.2 Å². The van der Waals surface area contributed by atoms with Gasteiger partial charge in [0.15, 0.2) is 5.78 Å². The highest BCUT2D eigenvalue weighted by atomic mass is 19.1. The maximum absolute atomic E-state index is 15.5. The van der Waals surface area contributed by atoms with E-state index in [0.29, 0.717) is 18.7 Å². The van der Waals surface area contributed by atoms with E-state index in [1.165, 1.54) is 6.07 Å². The lowest BCUT2D eigenvalue weighted by molar-refractivity contribution is -0.130. The summed E-state index contributed by atoms with van der Waals surface area (Å²) in [6.45, 7) is 4.62. The number of likely N-dealkylation sites (tertiary alicyclic amines) is 1. The molecule has 2 atom stereocenters. The molecule has 0 aromatic heterocycles. The molecule has 176 valence electrons. The van der Waals surface area contributed by atoms with Gasteiger partial charge in [0.25, 0.3) is 5.91 Å². The van der Waals surface area contributed by atoms with Crippen LogP contribution in [0.5, 0.6) is 0 Å². The van der Waals surface area contributed by atoms with E-state index in [0.717, 1.165) is 44.9 Å². The number of hydrogen-bond donors (Lipinski definition) is 2. The van der Waals surface area contributed by atoms with Crippen LogP contribution in [0.25, 0.3) is 0 Å². The van der Waals surface area contributed by atoms with E-state index >= 15 is 4.39 Å². The van der Waals surface area contributed by atoms with Gasteiger partial charge in [0.1, 0.15) is 5.82 Å². The lowest BCUT2D eigenvalue weighted by atomic mass is 9.80. The number of hydrogen-bond acceptors (Lipinski definition) is 4. The molecule has 6 nitrogen and oxygen atoms in total. The Morgan fingerprint density at radius 2 is 1.84 bits per heavy atom. The first kappa shape index (κ1) is 24.4. The molecule has 32 heavy (non-hydrogen) atoms. The van der Waals surface area contributed by atoms with E-state index < -0.39 is 17.8 Å². The number of amides is 2. The Bertz CT molecular complexity index is 836. The lowest BCUT2D eigenvalue weighted by Crippen LogP contribution is -2.48. The third kappa shape index (κ3) is 5.55. The van der Waals surface area contributed by atoms with E-state index in [9.17, 15) is 14.4 Å². The Morgan fingerprint density at radius 3 is 2.50 bits per heavy atom.